The van der Waals surface area contributed by atoms with Crippen LogP contribution in [0.15, 0.2) is 205 Å². The Morgan fingerprint density at radius 1 is 0.327 bits per heavy atom. The monoisotopic (exact) mass is 663 g/mol. The quantitative estimate of drug-likeness (QED) is 0.176. The van der Waals surface area contributed by atoms with Gasteiger partial charge in [0.2, 0.25) is 0 Å². The number of hydrogen-bond acceptors (Lipinski definition) is 2. The van der Waals surface area contributed by atoms with Gasteiger partial charge in [0.1, 0.15) is 11.2 Å². The van der Waals surface area contributed by atoms with E-state index < -0.39 is 0 Å². The van der Waals surface area contributed by atoms with Crippen LogP contribution in [0.3, 0.4) is 0 Å². The van der Waals surface area contributed by atoms with Crippen molar-refractivity contribution >= 4 is 60.5 Å². The van der Waals surface area contributed by atoms with E-state index in [0.29, 0.717) is 0 Å². The van der Waals surface area contributed by atoms with Crippen LogP contribution in [-0.4, -0.2) is 0 Å². The first-order chi connectivity index (χ1) is 25.8. The molecule has 2 nitrogen and oxygen atoms in total. The molecule has 0 N–H and O–H groups in total. The maximum absolute atomic E-state index is 6.49. The molecule has 0 bridgehead atoms. The smallest absolute Gasteiger partial charge is 0.136 e. The average Bonchev–Trinajstić information content (AvgIpc) is 3.60. The number of hydrogen-bond donors (Lipinski definition) is 0. The van der Waals surface area contributed by atoms with Crippen molar-refractivity contribution in [1.82, 2.24) is 0 Å². The van der Waals surface area contributed by atoms with Crippen molar-refractivity contribution in [2.45, 2.75) is 0 Å². The van der Waals surface area contributed by atoms with E-state index in [2.05, 4.69) is 199 Å². The molecule has 10 rings (SSSR count). The second kappa shape index (κ2) is 12.5. The maximum Gasteiger partial charge on any atom is 0.136 e. The lowest BCUT2D eigenvalue weighted by Crippen LogP contribution is -2.11. The normalized spacial score (nSPS) is 11.5. The van der Waals surface area contributed by atoms with Crippen molar-refractivity contribution in [1.29, 1.82) is 0 Å². The zero-order chi connectivity index (χ0) is 34.4. The zero-order valence-electron chi connectivity index (χ0n) is 28.4. The predicted octanol–water partition coefficient (Wildman–Crippen LogP) is 14.4. The van der Waals surface area contributed by atoms with Crippen LogP contribution < -0.4 is 4.90 Å². The number of fused-ring (bicyclic) bond motifs is 5. The zero-order valence-corrected chi connectivity index (χ0v) is 28.4. The Morgan fingerprint density at radius 2 is 0.827 bits per heavy atom. The molecule has 10 aromatic rings. The van der Waals surface area contributed by atoms with E-state index >= 15 is 0 Å². The van der Waals surface area contributed by atoms with Gasteiger partial charge in [0.05, 0.1) is 5.69 Å². The summed E-state index contributed by atoms with van der Waals surface area (Å²) in [6.45, 7) is 0. The number of benzene rings is 9. The molecular weight excluding hydrogens is 631 g/mol. The number of furan rings is 1. The van der Waals surface area contributed by atoms with Gasteiger partial charge in [-0.15, -0.1) is 0 Å². The summed E-state index contributed by atoms with van der Waals surface area (Å²) >= 11 is 0. The molecule has 9 aromatic carbocycles. The van der Waals surface area contributed by atoms with Crippen molar-refractivity contribution in [3.8, 4) is 33.4 Å². The SMILES string of the molecule is c1ccc(-c2ccc(N(c3ccc(-c4ccc5ccccc5c4)cc3)c3ccc4oc5ccccc5c4c3-c3ccc4ccccc4c3)cc2)cc1. The molecule has 0 unspecified atom stereocenters. The first kappa shape index (κ1) is 30.0. The van der Waals surface area contributed by atoms with E-state index in [1.807, 2.05) is 6.07 Å². The van der Waals surface area contributed by atoms with Crippen LogP contribution >= 0.6 is 0 Å². The molecular formula is C50H33NO. The molecule has 0 saturated heterocycles. The minimum absolute atomic E-state index is 0.874. The topological polar surface area (TPSA) is 16.4 Å². The molecule has 0 aliphatic rings. The Hall–Kier alpha value is -6.90. The standard InChI is InChI=1S/C50H33NO/c1-2-10-34(11-3-1)37-22-26-43(27-23-37)51(44-28-24-38(25-29-44)41-20-18-35-12-4-6-14-39(35)32-41)46-30-31-48-50(45-16-8-9-17-47(45)52-48)49(46)42-21-19-36-13-5-7-15-40(36)33-42/h1-33H. The van der Waals surface area contributed by atoms with Gasteiger partial charge in [-0.1, -0.05) is 146 Å². The lowest BCUT2D eigenvalue weighted by molar-refractivity contribution is 0.669. The van der Waals surface area contributed by atoms with Crippen LogP contribution in [-0.2, 0) is 0 Å². The lowest BCUT2D eigenvalue weighted by Gasteiger charge is -2.29. The highest BCUT2D eigenvalue weighted by Crippen LogP contribution is 2.48. The van der Waals surface area contributed by atoms with Crippen LogP contribution in [0.4, 0.5) is 17.1 Å². The molecule has 52 heavy (non-hydrogen) atoms. The lowest BCUT2D eigenvalue weighted by atomic mass is 9.94. The van der Waals surface area contributed by atoms with Gasteiger partial charge in [0.25, 0.3) is 0 Å². The second-order valence-electron chi connectivity index (χ2n) is 13.4. The molecule has 0 radical (unpaired) electrons. The molecule has 1 heterocycles. The fourth-order valence-corrected chi connectivity index (χ4v) is 7.66. The van der Waals surface area contributed by atoms with Gasteiger partial charge in [-0.05, 0) is 104 Å². The molecule has 244 valence electrons. The molecule has 0 aliphatic heterocycles. The largest absolute Gasteiger partial charge is 0.456 e. The highest BCUT2D eigenvalue weighted by atomic mass is 16.3. The van der Waals surface area contributed by atoms with Gasteiger partial charge in [-0.3, -0.25) is 0 Å². The van der Waals surface area contributed by atoms with Crippen molar-refractivity contribution in [2.24, 2.45) is 0 Å². The fourth-order valence-electron chi connectivity index (χ4n) is 7.66. The van der Waals surface area contributed by atoms with Crippen LogP contribution in [0.2, 0.25) is 0 Å². The summed E-state index contributed by atoms with van der Waals surface area (Å²) in [6.07, 6.45) is 0. The molecule has 0 atom stereocenters. The molecule has 1 aromatic heterocycles. The van der Waals surface area contributed by atoms with E-state index in [1.165, 1.54) is 43.8 Å². The second-order valence-corrected chi connectivity index (χ2v) is 13.4. The summed E-state index contributed by atoms with van der Waals surface area (Å²) in [5.74, 6) is 0. The Balaban J connectivity index is 1.20. The van der Waals surface area contributed by atoms with Crippen LogP contribution in [0.25, 0.3) is 76.9 Å². The summed E-state index contributed by atoms with van der Waals surface area (Å²) < 4.78 is 6.49. The van der Waals surface area contributed by atoms with Crippen molar-refractivity contribution in [2.75, 3.05) is 4.90 Å². The van der Waals surface area contributed by atoms with Crippen molar-refractivity contribution < 1.29 is 4.42 Å². The summed E-state index contributed by atoms with van der Waals surface area (Å²) in [5, 5.41) is 7.13. The highest BCUT2D eigenvalue weighted by Gasteiger charge is 2.23. The number of anilines is 3. The summed E-state index contributed by atoms with van der Waals surface area (Å²) in [5.41, 5.74) is 12.0. The van der Waals surface area contributed by atoms with E-state index in [4.69, 9.17) is 4.42 Å². The minimum atomic E-state index is 0.874. The third kappa shape index (κ3) is 5.21. The van der Waals surface area contributed by atoms with Crippen LogP contribution in [0, 0.1) is 0 Å². The molecule has 0 aliphatic carbocycles. The molecule has 0 amide bonds. The van der Waals surface area contributed by atoms with Crippen LogP contribution in [0.5, 0.6) is 0 Å². The molecule has 0 spiro atoms. The van der Waals surface area contributed by atoms with Gasteiger partial charge < -0.3 is 9.32 Å². The van der Waals surface area contributed by atoms with E-state index in [-0.39, 0.29) is 0 Å². The molecule has 2 heteroatoms. The third-order valence-corrected chi connectivity index (χ3v) is 10.2. The Kier molecular flexibility index (Phi) is 7.18. The van der Waals surface area contributed by atoms with Gasteiger partial charge >= 0.3 is 0 Å². The van der Waals surface area contributed by atoms with E-state index in [0.717, 1.165) is 50.1 Å². The summed E-state index contributed by atoms with van der Waals surface area (Å²) in [7, 11) is 0. The Bertz CT molecular complexity index is 2890. The van der Waals surface area contributed by atoms with Gasteiger partial charge in [0, 0.05) is 27.7 Å². The first-order valence-corrected chi connectivity index (χ1v) is 17.8. The van der Waals surface area contributed by atoms with Crippen LogP contribution in [0.1, 0.15) is 0 Å². The number of para-hydroxylation sites is 1. The van der Waals surface area contributed by atoms with Gasteiger partial charge in [-0.2, -0.15) is 0 Å². The summed E-state index contributed by atoms with van der Waals surface area (Å²) in [4.78, 5) is 2.39. The maximum atomic E-state index is 6.49. The Morgan fingerprint density at radius 3 is 1.50 bits per heavy atom. The number of rotatable bonds is 6. The van der Waals surface area contributed by atoms with E-state index in [1.54, 1.807) is 0 Å². The highest BCUT2D eigenvalue weighted by molar-refractivity contribution is 6.17. The number of nitrogens with zero attached hydrogens (tertiary/aromatic N) is 1. The summed E-state index contributed by atoms with van der Waals surface area (Å²) in [6, 6.07) is 71.8. The van der Waals surface area contributed by atoms with E-state index in [9.17, 15) is 0 Å². The van der Waals surface area contributed by atoms with Crippen molar-refractivity contribution in [3.05, 3.63) is 200 Å². The fraction of sp³-hybridized carbons (Fsp3) is 0. The predicted molar refractivity (Wildman–Crippen MR) is 220 cm³/mol. The first-order valence-electron chi connectivity index (χ1n) is 17.8. The molecule has 0 fully saturated rings. The van der Waals surface area contributed by atoms with Crippen molar-refractivity contribution in [3.63, 3.8) is 0 Å². The third-order valence-electron chi connectivity index (χ3n) is 10.2. The van der Waals surface area contributed by atoms with Gasteiger partial charge in [0.15, 0.2) is 0 Å². The van der Waals surface area contributed by atoms with Gasteiger partial charge in [-0.25, -0.2) is 0 Å². The average molecular weight is 664 g/mol. The minimum Gasteiger partial charge on any atom is -0.456 e. The molecule has 0 saturated carbocycles. The Labute approximate surface area is 302 Å².